The number of nitrogens with zero attached hydrogens (tertiary/aromatic N) is 2. The average molecular weight is 408 g/mol. The van der Waals surface area contributed by atoms with E-state index in [2.05, 4.69) is 20.5 Å². The van der Waals surface area contributed by atoms with Crippen molar-refractivity contribution in [2.75, 3.05) is 12.1 Å². The molecule has 1 amide bonds. The van der Waals surface area contributed by atoms with Crippen LogP contribution in [0.5, 0.6) is 11.5 Å². The first-order chi connectivity index (χ1) is 14.2. The number of fused-ring (bicyclic) bond motifs is 2. The summed E-state index contributed by atoms with van der Waals surface area (Å²) in [6.45, 7) is 1.97. The van der Waals surface area contributed by atoms with Crippen LogP contribution in [0.25, 0.3) is 22.4 Å². The lowest BCUT2D eigenvalue weighted by Crippen LogP contribution is -2.22. The van der Waals surface area contributed by atoms with Gasteiger partial charge in [-0.15, -0.1) is 10.2 Å². The molecule has 0 fully saturated rings. The first kappa shape index (κ1) is 17.6. The van der Waals surface area contributed by atoms with Gasteiger partial charge in [0.25, 0.3) is 11.1 Å². The molecule has 5 rings (SSSR count). The Morgan fingerprint density at radius 3 is 2.97 bits per heavy atom. The zero-order valence-electron chi connectivity index (χ0n) is 15.3. The SMILES string of the molecule is CC(Sc1nnc(-c2c[nH]c3ccccc23)o1)C(=O)Nc1ccc2c(c1)OCO2. The first-order valence-electron chi connectivity index (χ1n) is 8.94. The molecule has 1 aliphatic heterocycles. The van der Waals surface area contributed by atoms with Crippen molar-refractivity contribution in [1.82, 2.24) is 15.2 Å². The molecular weight excluding hydrogens is 392 g/mol. The number of carbonyl (C=O) groups excluding carboxylic acids is 1. The van der Waals surface area contributed by atoms with Crippen LogP contribution >= 0.6 is 11.8 Å². The van der Waals surface area contributed by atoms with Gasteiger partial charge in [0.05, 0.1) is 10.8 Å². The molecule has 0 saturated carbocycles. The summed E-state index contributed by atoms with van der Waals surface area (Å²) in [4.78, 5) is 15.7. The number of benzene rings is 2. The summed E-state index contributed by atoms with van der Waals surface area (Å²) in [5.74, 6) is 1.51. The smallest absolute Gasteiger partial charge is 0.277 e. The Morgan fingerprint density at radius 2 is 2.03 bits per heavy atom. The van der Waals surface area contributed by atoms with Gasteiger partial charge in [0.15, 0.2) is 11.5 Å². The highest BCUT2D eigenvalue weighted by molar-refractivity contribution is 8.00. The van der Waals surface area contributed by atoms with Crippen LogP contribution in [0.3, 0.4) is 0 Å². The number of carbonyl (C=O) groups is 1. The van der Waals surface area contributed by atoms with Gasteiger partial charge in [-0.05, 0) is 25.1 Å². The van der Waals surface area contributed by atoms with Crippen LogP contribution in [0.2, 0.25) is 0 Å². The summed E-state index contributed by atoms with van der Waals surface area (Å²) in [5, 5.41) is 12.0. The Labute approximate surface area is 169 Å². The molecule has 146 valence electrons. The fourth-order valence-electron chi connectivity index (χ4n) is 3.04. The van der Waals surface area contributed by atoms with Crippen LogP contribution in [-0.4, -0.2) is 33.1 Å². The maximum absolute atomic E-state index is 12.5. The van der Waals surface area contributed by atoms with Crippen molar-refractivity contribution in [3.8, 4) is 23.0 Å². The van der Waals surface area contributed by atoms with E-state index in [1.54, 1.807) is 25.1 Å². The van der Waals surface area contributed by atoms with E-state index in [1.165, 1.54) is 11.8 Å². The van der Waals surface area contributed by atoms with Crippen LogP contribution in [0, 0.1) is 0 Å². The molecule has 1 unspecified atom stereocenters. The number of nitrogens with one attached hydrogen (secondary N) is 2. The summed E-state index contributed by atoms with van der Waals surface area (Å²) in [6, 6.07) is 13.1. The summed E-state index contributed by atoms with van der Waals surface area (Å²) in [6.07, 6.45) is 1.84. The number of ether oxygens (including phenoxy) is 2. The maximum Gasteiger partial charge on any atom is 0.277 e. The average Bonchev–Trinajstić information content (AvgIpc) is 3.46. The topological polar surface area (TPSA) is 102 Å². The standard InChI is InChI=1S/C20H16N4O4S/c1-11(18(25)22-12-6-7-16-17(8-12)27-10-26-16)29-20-24-23-19(28-20)14-9-21-15-5-3-2-4-13(14)15/h2-9,11,21H,10H2,1H3,(H,22,25). The van der Waals surface area contributed by atoms with E-state index in [4.69, 9.17) is 13.9 Å². The van der Waals surface area contributed by atoms with E-state index in [0.29, 0.717) is 28.3 Å². The van der Waals surface area contributed by atoms with E-state index < -0.39 is 5.25 Å². The Kier molecular flexibility index (Phi) is 4.36. The van der Waals surface area contributed by atoms with E-state index in [-0.39, 0.29) is 12.7 Å². The number of para-hydroxylation sites is 1. The molecule has 8 nitrogen and oxygen atoms in total. The van der Waals surface area contributed by atoms with Crippen LogP contribution in [0.15, 0.2) is 58.3 Å². The highest BCUT2D eigenvalue weighted by Crippen LogP contribution is 2.35. The zero-order valence-corrected chi connectivity index (χ0v) is 16.2. The quantitative estimate of drug-likeness (QED) is 0.480. The number of amides is 1. The highest BCUT2D eigenvalue weighted by atomic mass is 32.2. The van der Waals surface area contributed by atoms with E-state index in [9.17, 15) is 4.79 Å². The van der Waals surface area contributed by atoms with Gasteiger partial charge in [0.2, 0.25) is 12.7 Å². The molecule has 0 aliphatic carbocycles. The van der Waals surface area contributed by atoms with Gasteiger partial charge in [-0.1, -0.05) is 30.0 Å². The van der Waals surface area contributed by atoms with Gasteiger partial charge < -0.3 is 24.2 Å². The molecule has 3 heterocycles. The maximum atomic E-state index is 12.5. The van der Waals surface area contributed by atoms with E-state index in [1.807, 2.05) is 30.5 Å². The molecule has 2 aromatic carbocycles. The fourth-order valence-corrected chi connectivity index (χ4v) is 3.72. The van der Waals surface area contributed by atoms with Crippen molar-refractivity contribution in [2.24, 2.45) is 0 Å². The molecule has 0 radical (unpaired) electrons. The van der Waals surface area contributed by atoms with E-state index in [0.717, 1.165) is 16.5 Å². The highest BCUT2D eigenvalue weighted by Gasteiger charge is 2.21. The third kappa shape index (κ3) is 3.40. The monoisotopic (exact) mass is 408 g/mol. The second kappa shape index (κ2) is 7.17. The van der Waals surface area contributed by atoms with Crippen molar-refractivity contribution in [1.29, 1.82) is 0 Å². The molecule has 2 N–H and O–H groups in total. The van der Waals surface area contributed by atoms with Gasteiger partial charge in [0.1, 0.15) is 0 Å². The van der Waals surface area contributed by atoms with E-state index >= 15 is 0 Å². The lowest BCUT2D eigenvalue weighted by Gasteiger charge is -2.10. The second-order valence-electron chi connectivity index (χ2n) is 6.44. The lowest BCUT2D eigenvalue weighted by atomic mass is 10.2. The molecule has 0 spiro atoms. The van der Waals surface area contributed by atoms with Gasteiger partial charge in [0, 0.05) is 28.9 Å². The molecule has 29 heavy (non-hydrogen) atoms. The number of rotatable bonds is 5. The Bertz CT molecular complexity index is 1200. The summed E-state index contributed by atoms with van der Waals surface area (Å²) >= 11 is 1.20. The molecule has 9 heteroatoms. The molecule has 0 bridgehead atoms. The zero-order chi connectivity index (χ0) is 19.8. The van der Waals surface area contributed by atoms with Gasteiger partial charge in [-0.25, -0.2) is 0 Å². The molecule has 2 aromatic heterocycles. The number of aromatic amines is 1. The van der Waals surface area contributed by atoms with Crippen molar-refractivity contribution >= 4 is 34.3 Å². The minimum Gasteiger partial charge on any atom is -0.454 e. The lowest BCUT2D eigenvalue weighted by molar-refractivity contribution is -0.115. The summed E-state index contributed by atoms with van der Waals surface area (Å²) < 4.78 is 16.4. The molecule has 1 aliphatic rings. The Balaban J connectivity index is 1.27. The van der Waals surface area contributed by atoms with Crippen molar-refractivity contribution in [2.45, 2.75) is 17.4 Å². The number of H-pyrrole nitrogens is 1. The van der Waals surface area contributed by atoms with Gasteiger partial charge in [-0.3, -0.25) is 4.79 Å². The van der Waals surface area contributed by atoms with Crippen LogP contribution < -0.4 is 14.8 Å². The number of thioether (sulfide) groups is 1. The van der Waals surface area contributed by atoms with Gasteiger partial charge >= 0.3 is 0 Å². The number of anilines is 1. The van der Waals surface area contributed by atoms with Gasteiger partial charge in [-0.2, -0.15) is 0 Å². The molecule has 0 saturated heterocycles. The molecule has 4 aromatic rings. The number of hydrogen-bond acceptors (Lipinski definition) is 7. The number of hydrogen-bond donors (Lipinski definition) is 2. The summed E-state index contributed by atoms with van der Waals surface area (Å²) in [5.41, 5.74) is 2.46. The third-order valence-corrected chi connectivity index (χ3v) is 5.45. The van der Waals surface area contributed by atoms with Crippen LogP contribution in [0.1, 0.15) is 6.92 Å². The predicted octanol–water partition coefficient (Wildman–Crippen LogP) is 4.07. The van der Waals surface area contributed by atoms with Crippen LogP contribution in [-0.2, 0) is 4.79 Å². The second-order valence-corrected chi connectivity index (χ2v) is 7.73. The first-order valence-corrected chi connectivity index (χ1v) is 9.82. The number of aromatic nitrogens is 3. The minimum atomic E-state index is -0.434. The van der Waals surface area contributed by atoms with Crippen molar-refractivity contribution in [3.05, 3.63) is 48.7 Å². The Morgan fingerprint density at radius 1 is 1.17 bits per heavy atom. The fraction of sp³-hybridized carbons (Fsp3) is 0.150. The normalized spacial score (nSPS) is 13.6. The minimum absolute atomic E-state index is 0.180. The van der Waals surface area contributed by atoms with Crippen LogP contribution in [0.4, 0.5) is 5.69 Å². The molecular formula is C20H16N4O4S. The molecule has 1 atom stereocenters. The Hall–Kier alpha value is -3.46. The van der Waals surface area contributed by atoms with Crippen molar-refractivity contribution in [3.63, 3.8) is 0 Å². The predicted molar refractivity (Wildman–Crippen MR) is 108 cm³/mol. The van der Waals surface area contributed by atoms with Crippen molar-refractivity contribution < 1.29 is 18.7 Å². The third-order valence-electron chi connectivity index (χ3n) is 4.51. The largest absolute Gasteiger partial charge is 0.454 e. The summed E-state index contributed by atoms with van der Waals surface area (Å²) in [7, 11) is 0.